The lowest BCUT2D eigenvalue weighted by molar-refractivity contribution is 0.321. The number of piperidine rings is 1. The lowest BCUT2D eigenvalue weighted by Gasteiger charge is -2.36. The van der Waals surface area contributed by atoms with Crippen LogP contribution < -0.4 is 4.90 Å². The number of aromatic nitrogens is 1. The molecular formula is C14H22N2. The Kier molecular flexibility index (Phi) is 3.47. The highest BCUT2D eigenvalue weighted by molar-refractivity contribution is 5.44. The summed E-state index contributed by atoms with van der Waals surface area (Å²) in [5.74, 6) is 1.64. The monoisotopic (exact) mass is 218 g/mol. The molecular weight excluding hydrogens is 196 g/mol. The molecule has 2 rings (SSSR count). The van der Waals surface area contributed by atoms with Crippen molar-refractivity contribution in [2.24, 2.45) is 11.8 Å². The van der Waals surface area contributed by atoms with E-state index in [9.17, 15) is 0 Å². The van der Waals surface area contributed by atoms with Gasteiger partial charge in [0.1, 0.15) is 0 Å². The summed E-state index contributed by atoms with van der Waals surface area (Å²) in [6.45, 7) is 9.09. The van der Waals surface area contributed by atoms with Crippen LogP contribution in [0, 0.1) is 18.8 Å². The topological polar surface area (TPSA) is 16.1 Å². The Morgan fingerprint density at radius 2 is 2.19 bits per heavy atom. The van der Waals surface area contributed by atoms with Gasteiger partial charge in [0, 0.05) is 18.8 Å². The van der Waals surface area contributed by atoms with Gasteiger partial charge in [-0.05, 0) is 43.7 Å². The maximum absolute atomic E-state index is 4.38. The Bertz CT molecular complexity index is 329. The second kappa shape index (κ2) is 4.86. The Balaban J connectivity index is 2.06. The van der Waals surface area contributed by atoms with Gasteiger partial charge in [-0.25, -0.2) is 0 Å². The number of anilines is 1. The van der Waals surface area contributed by atoms with E-state index < -0.39 is 0 Å². The highest BCUT2D eigenvalue weighted by Gasteiger charge is 2.22. The fourth-order valence-corrected chi connectivity index (χ4v) is 2.44. The van der Waals surface area contributed by atoms with E-state index >= 15 is 0 Å². The summed E-state index contributed by atoms with van der Waals surface area (Å²) >= 11 is 0. The molecule has 2 nitrogen and oxygen atoms in total. The zero-order chi connectivity index (χ0) is 11.5. The average molecular weight is 218 g/mol. The first-order valence-corrected chi connectivity index (χ1v) is 6.34. The van der Waals surface area contributed by atoms with Crippen LogP contribution >= 0.6 is 0 Å². The minimum absolute atomic E-state index is 0.793. The summed E-state index contributed by atoms with van der Waals surface area (Å²) in [6, 6.07) is 4.30. The van der Waals surface area contributed by atoms with E-state index in [-0.39, 0.29) is 0 Å². The molecule has 0 saturated carbocycles. The molecule has 1 aliphatic rings. The van der Waals surface area contributed by atoms with Gasteiger partial charge >= 0.3 is 0 Å². The number of hydrogen-bond acceptors (Lipinski definition) is 2. The van der Waals surface area contributed by atoms with Gasteiger partial charge in [-0.2, -0.15) is 0 Å². The maximum Gasteiger partial charge on any atom is 0.0553 e. The van der Waals surface area contributed by atoms with Crippen molar-refractivity contribution < 1.29 is 0 Å². The van der Waals surface area contributed by atoms with Crippen molar-refractivity contribution in [1.29, 1.82) is 0 Å². The SMILES string of the molecule is Cc1ccc(N2CCCC(C(C)C)C2)cn1. The molecule has 0 amide bonds. The Labute approximate surface area is 98.7 Å². The Hall–Kier alpha value is -1.05. The molecule has 1 saturated heterocycles. The summed E-state index contributed by atoms with van der Waals surface area (Å²) in [4.78, 5) is 6.87. The van der Waals surface area contributed by atoms with E-state index in [0.29, 0.717) is 0 Å². The zero-order valence-corrected chi connectivity index (χ0v) is 10.6. The molecule has 2 heteroatoms. The molecule has 1 aliphatic heterocycles. The lowest BCUT2D eigenvalue weighted by atomic mass is 9.88. The molecule has 1 aromatic rings. The summed E-state index contributed by atoms with van der Waals surface area (Å²) in [5, 5.41) is 0. The minimum Gasteiger partial charge on any atom is -0.370 e. The first kappa shape index (κ1) is 11.4. The maximum atomic E-state index is 4.38. The fourth-order valence-electron chi connectivity index (χ4n) is 2.44. The van der Waals surface area contributed by atoms with Gasteiger partial charge in [-0.3, -0.25) is 4.98 Å². The van der Waals surface area contributed by atoms with Gasteiger partial charge < -0.3 is 4.90 Å². The predicted molar refractivity (Wildman–Crippen MR) is 68.7 cm³/mol. The first-order chi connectivity index (χ1) is 7.66. The van der Waals surface area contributed by atoms with Crippen molar-refractivity contribution in [1.82, 2.24) is 4.98 Å². The van der Waals surface area contributed by atoms with Crippen molar-refractivity contribution in [2.45, 2.75) is 33.6 Å². The van der Waals surface area contributed by atoms with E-state index in [4.69, 9.17) is 0 Å². The smallest absolute Gasteiger partial charge is 0.0553 e. The normalized spacial score (nSPS) is 21.5. The molecule has 0 radical (unpaired) electrons. The number of hydrogen-bond donors (Lipinski definition) is 0. The van der Waals surface area contributed by atoms with Crippen LogP contribution in [0.1, 0.15) is 32.4 Å². The standard InChI is InChI=1S/C14H22N2/c1-11(2)13-5-4-8-16(10-13)14-7-6-12(3)15-9-14/h6-7,9,11,13H,4-5,8,10H2,1-3H3. The van der Waals surface area contributed by atoms with E-state index in [1.807, 2.05) is 13.1 Å². The Morgan fingerprint density at radius 1 is 1.38 bits per heavy atom. The van der Waals surface area contributed by atoms with Gasteiger partial charge in [-0.15, -0.1) is 0 Å². The summed E-state index contributed by atoms with van der Waals surface area (Å²) < 4.78 is 0. The third kappa shape index (κ3) is 2.55. The number of nitrogens with zero attached hydrogens (tertiary/aromatic N) is 2. The zero-order valence-electron chi connectivity index (χ0n) is 10.6. The van der Waals surface area contributed by atoms with Gasteiger partial charge in [-0.1, -0.05) is 13.8 Å². The molecule has 0 bridgehead atoms. The lowest BCUT2D eigenvalue weighted by Crippen LogP contribution is -2.37. The molecule has 0 aromatic carbocycles. The highest BCUT2D eigenvalue weighted by Crippen LogP contribution is 2.26. The van der Waals surface area contributed by atoms with Crippen LogP contribution in [-0.2, 0) is 0 Å². The summed E-state index contributed by atoms with van der Waals surface area (Å²) in [5.41, 5.74) is 2.39. The first-order valence-electron chi connectivity index (χ1n) is 6.34. The van der Waals surface area contributed by atoms with Crippen molar-refractivity contribution >= 4 is 5.69 Å². The van der Waals surface area contributed by atoms with Gasteiger partial charge in [0.25, 0.3) is 0 Å². The highest BCUT2D eigenvalue weighted by atomic mass is 15.1. The molecule has 88 valence electrons. The molecule has 0 spiro atoms. The molecule has 0 aliphatic carbocycles. The van der Waals surface area contributed by atoms with Crippen LogP contribution in [0.2, 0.25) is 0 Å². The molecule has 1 fully saturated rings. The largest absolute Gasteiger partial charge is 0.370 e. The molecule has 1 aromatic heterocycles. The van der Waals surface area contributed by atoms with Gasteiger partial charge in [0.2, 0.25) is 0 Å². The van der Waals surface area contributed by atoms with E-state index in [1.165, 1.54) is 31.6 Å². The second-order valence-electron chi connectivity index (χ2n) is 5.25. The third-order valence-electron chi connectivity index (χ3n) is 3.66. The number of rotatable bonds is 2. The van der Waals surface area contributed by atoms with Crippen molar-refractivity contribution in [2.75, 3.05) is 18.0 Å². The van der Waals surface area contributed by atoms with Crippen LogP contribution in [0.25, 0.3) is 0 Å². The van der Waals surface area contributed by atoms with Crippen LogP contribution in [0.15, 0.2) is 18.3 Å². The summed E-state index contributed by atoms with van der Waals surface area (Å²) in [7, 11) is 0. The molecule has 2 heterocycles. The van der Waals surface area contributed by atoms with Crippen LogP contribution in [0.5, 0.6) is 0 Å². The van der Waals surface area contributed by atoms with Crippen LogP contribution in [0.3, 0.4) is 0 Å². The van der Waals surface area contributed by atoms with E-state index in [1.54, 1.807) is 0 Å². The second-order valence-corrected chi connectivity index (χ2v) is 5.25. The molecule has 16 heavy (non-hydrogen) atoms. The van der Waals surface area contributed by atoms with Crippen LogP contribution in [0.4, 0.5) is 5.69 Å². The van der Waals surface area contributed by atoms with Crippen molar-refractivity contribution in [3.05, 3.63) is 24.0 Å². The molecule has 0 N–H and O–H groups in total. The quantitative estimate of drug-likeness (QED) is 0.757. The minimum atomic E-state index is 0.793. The Morgan fingerprint density at radius 3 is 2.81 bits per heavy atom. The predicted octanol–water partition coefficient (Wildman–Crippen LogP) is 3.26. The van der Waals surface area contributed by atoms with E-state index in [2.05, 4.69) is 35.9 Å². The van der Waals surface area contributed by atoms with Gasteiger partial charge in [0.05, 0.1) is 11.9 Å². The van der Waals surface area contributed by atoms with Crippen molar-refractivity contribution in [3.63, 3.8) is 0 Å². The number of aryl methyl sites for hydroxylation is 1. The fraction of sp³-hybridized carbons (Fsp3) is 0.643. The third-order valence-corrected chi connectivity index (χ3v) is 3.66. The van der Waals surface area contributed by atoms with Crippen LogP contribution in [-0.4, -0.2) is 18.1 Å². The molecule has 1 unspecified atom stereocenters. The average Bonchev–Trinajstić information content (AvgIpc) is 2.30. The number of pyridine rings is 1. The van der Waals surface area contributed by atoms with E-state index in [0.717, 1.165) is 17.5 Å². The van der Waals surface area contributed by atoms with Crippen molar-refractivity contribution in [3.8, 4) is 0 Å². The molecule has 1 atom stereocenters. The summed E-state index contributed by atoms with van der Waals surface area (Å²) in [6.07, 6.45) is 4.71. The van der Waals surface area contributed by atoms with Gasteiger partial charge in [0.15, 0.2) is 0 Å².